The van der Waals surface area contributed by atoms with Crippen LogP contribution in [0.15, 0.2) is 42.5 Å². The number of rotatable bonds is 5. The maximum Gasteiger partial charge on any atom is 0.387 e. The van der Waals surface area contributed by atoms with Crippen molar-refractivity contribution in [1.29, 1.82) is 0 Å². The molecule has 0 amide bonds. The van der Waals surface area contributed by atoms with Crippen molar-refractivity contribution < 1.29 is 18.3 Å². The molecule has 0 aliphatic heterocycles. The van der Waals surface area contributed by atoms with Crippen LogP contribution in [0.3, 0.4) is 0 Å². The molecule has 0 N–H and O–H groups in total. The Morgan fingerprint density at radius 1 is 1.05 bits per heavy atom. The molecule has 0 aromatic heterocycles. The molecule has 0 spiro atoms. The molecule has 0 aliphatic carbocycles. The molecule has 2 aromatic rings. The van der Waals surface area contributed by atoms with E-state index in [-0.39, 0.29) is 5.75 Å². The number of ether oxygens (including phenoxy) is 2. The number of hydrogen-bond acceptors (Lipinski definition) is 2. The van der Waals surface area contributed by atoms with Gasteiger partial charge in [-0.3, -0.25) is 0 Å². The molecule has 0 fully saturated rings. The second-order valence-electron chi connectivity index (χ2n) is 4.50. The Labute approximate surface area is 127 Å². The van der Waals surface area contributed by atoms with Crippen LogP contribution in [0, 0.1) is 6.92 Å². The topological polar surface area (TPSA) is 18.5 Å². The Morgan fingerprint density at radius 3 is 2.38 bits per heavy atom. The zero-order valence-corrected chi connectivity index (χ0v) is 12.4. The number of hydrogen-bond donors (Lipinski definition) is 0. The average Bonchev–Trinajstić information content (AvgIpc) is 2.46. The second kappa shape index (κ2) is 6.76. The van der Waals surface area contributed by atoms with E-state index >= 15 is 0 Å². The van der Waals surface area contributed by atoms with Crippen molar-refractivity contribution in [2.45, 2.75) is 18.9 Å². The van der Waals surface area contributed by atoms with Crippen molar-refractivity contribution in [2.24, 2.45) is 0 Å². The summed E-state index contributed by atoms with van der Waals surface area (Å²) in [6.45, 7) is -0.990. The standard InChI is InChI=1S/C16H15ClF2O2/c1-10-9-11(20-2)7-8-12(10)15(17)13-5-3-4-6-14(13)21-16(18)19/h3-9,15-16H,1-2H3. The van der Waals surface area contributed by atoms with E-state index in [1.807, 2.05) is 19.1 Å². The highest BCUT2D eigenvalue weighted by atomic mass is 35.5. The summed E-state index contributed by atoms with van der Waals surface area (Å²) in [7, 11) is 1.58. The van der Waals surface area contributed by atoms with Gasteiger partial charge in [0.2, 0.25) is 0 Å². The molecule has 5 heteroatoms. The lowest BCUT2D eigenvalue weighted by Crippen LogP contribution is -2.06. The first-order chi connectivity index (χ1) is 10.0. The summed E-state index contributed by atoms with van der Waals surface area (Å²) < 4.78 is 34.6. The van der Waals surface area contributed by atoms with Crippen molar-refractivity contribution in [2.75, 3.05) is 7.11 Å². The Morgan fingerprint density at radius 2 is 1.76 bits per heavy atom. The minimum atomic E-state index is -2.88. The highest BCUT2D eigenvalue weighted by Crippen LogP contribution is 2.37. The third-order valence-electron chi connectivity index (χ3n) is 3.16. The molecule has 0 saturated carbocycles. The van der Waals surface area contributed by atoms with E-state index in [9.17, 15) is 8.78 Å². The Balaban J connectivity index is 2.38. The molecule has 0 heterocycles. The van der Waals surface area contributed by atoms with E-state index < -0.39 is 12.0 Å². The van der Waals surface area contributed by atoms with Gasteiger partial charge in [-0.05, 0) is 36.2 Å². The third kappa shape index (κ3) is 3.64. The lowest BCUT2D eigenvalue weighted by Gasteiger charge is -2.17. The van der Waals surface area contributed by atoms with Gasteiger partial charge in [-0.15, -0.1) is 11.6 Å². The smallest absolute Gasteiger partial charge is 0.387 e. The fourth-order valence-corrected chi connectivity index (χ4v) is 2.55. The Bertz CT molecular complexity index is 617. The predicted molar refractivity (Wildman–Crippen MR) is 78.5 cm³/mol. The van der Waals surface area contributed by atoms with E-state index in [4.69, 9.17) is 16.3 Å². The van der Waals surface area contributed by atoms with Crippen molar-refractivity contribution in [3.8, 4) is 11.5 Å². The van der Waals surface area contributed by atoms with Crippen LogP contribution in [0.4, 0.5) is 8.78 Å². The van der Waals surface area contributed by atoms with E-state index in [0.29, 0.717) is 5.56 Å². The average molecular weight is 313 g/mol. The monoisotopic (exact) mass is 312 g/mol. The first kappa shape index (κ1) is 15.6. The highest BCUT2D eigenvalue weighted by molar-refractivity contribution is 6.23. The van der Waals surface area contributed by atoms with Crippen LogP contribution in [0.2, 0.25) is 0 Å². The highest BCUT2D eigenvalue weighted by Gasteiger charge is 2.19. The summed E-state index contributed by atoms with van der Waals surface area (Å²) in [6, 6.07) is 12.0. The molecule has 0 aliphatic rings. The summed E-state index contributed by atoms with van der Waals surface area (Å²) in [5.74, 6) is 0.806. The van der Waals surface area contributed by atoms with Gasteiger partial charge in [-0.25, -0.2) is 0 Å². The maximum absolute atomic E-state index is 12.5. The van der Waals surface area contributed by atoms with Crippen molar-refractivity contribution in [1.82, 2.24) is 0 Å². The Kier molecular flexibility index (Phi) is 5.02. The first-order valence-electron chi connectivity index (χ1n) is 6.35. The molecule has 0 radical (unpaired) electrons. The molecular formula is C16H15ClF2O2. The van der Waals surface area contributed by atoms with Crippen LogP contribution in [0.1, 0.15) is 22.1 Å². The van der Waals surface area contributed by atoms with Crippen LogP contribution < -0.4 is 9.47 Å². The number of methoxy groups -OCH3 is 1. The number of para-hydroxylation sites is 1. The van der Waals surface area contributed by atoms with Gasteiger partial charge in [0.15, 0.2) is 0 Å². The van der Waals surface area contributed by atoms with Crippen LogP contribution in [-0.2, 0) is 0 Å². The van der Waals surface area contributed by atoms with Gasteiger partial charge in [-0.2, -0.15) is 8.78 Å². The second-order valence-corrected chi connectivity index (χ2v) is 4.94. The van der Waals surface area contributed by atoms with Gasteiger partial charge in [-0.1, -0.05) is 24.3 Å². The van der Waals surface area contributed by atoms with Gasteiger partial charge in [0.25, 0.3) is 0 Å². The predicted octanol–water partition coefficient (Wildman–Crippen LogP) is 4.93. The van der Waals surface area contributed by atoms with Crippen molar-refractivity contribution in [3.63, 3.8) is 0 Å². The Hall–Kier alpha value is -1.81. The van der Waals surface area contributed by atoms with Crippen LogP contribution in [0.5, 0.6) is 11.5 Å². The van der Waals surface area contributed by atoms with Gasteiger partial charge in [0.1, 0.15) is 11.5 Å². The molecule has 21 heavy (non-hydrogen) atoms. The largest absolute Gasteiger partial charge is 0.497 e. The molecule has 112 valence electrons. The summed E-state index contributed by atoms with van der Waals surface area (Å²) in [6.07, 6.45) is 0. The molecule has 2 aromatic carbocycles. The molecule has 1 unspecified atom stereocenters. The zero-order chi connectivity index (χ0) is 15.4. The normalized spacial score (nSPS) is 12.3. The molecule has 2 nitrogen and oxygen atoms in total. The van der Waals surface area contributed by atoms with Crippen molar-refractivity contribution in [3.05, 3.63) is 59.2 Å². The SMILES string of the molecule is COc1ccc(C(Cl)c2ccccc2OC(F)F)c(C)c1. The van der Waals surface area contributed by atoms with Gasteiger partial charge >= 0.3 is 6.61 Å². The zero-order valence-electron chi connectivity index (χ0n) is 11.6. The fraction of sp³-hybridized carbons (Fsp3) is 0.250. The van der Waals surface area contributed by atoms with E-state index in [0.717, 1.165) is 16.9 Å². The van der Waals surface area contributed by atoms with Crippen LogP contribution >= 0.6 is 11.6 Å². The summed E-state index contributed by atoms with van der Waals surface area (Å²) in [5.41, 5.74) is 2.25. The minimum Gasteiger partial charge on any atom is -0.497 e. The molecular weight excluding hydrogens is 298 g/mol. The van der Waals surface area contributed by atoms with Crippen molar-refractivity contribution >= 4 is 11.6 Å². The number of aryl methyl sites for hydroxylation is 1. The summed E-state index contributed by atoms with van der Waals surface area (Å²) in [4.78, 5) is 0. The van der Waals surface area contributed by atoms with Gasteiger partial charge < -0.3 is 9.47 Å². The number of halogens is 3. The van der Waals surface area contributed by atoms with Crippen LogP contribution in [-0.4, -0.2) is 13.7 Å². The van der Waals surface area contributed by atoms with Gasteiger partial charge in [0.05, 0.1) is 12.5 Å². The first-order valence-corrected chi connectivity index (χ1v) is 6.79. The quantitative estimate of drug-likeness (QED) is 0.729. The molecule has 0 saturated heterocycles. The number of benzene rings is 2. The number of alkyl halides is 3. The van der Waals surface area contributed by atoms with E-state index in [2.05, 4.69) is 4.74 Å². The summed E-state index contributed by atoms with van der Waals surface area (Å²) >= 11 is 6.46. The van der Waals surface area contributed by atoms with Gasteiger partial charge in [0, 0.05) is 5.56 Å². The van der Waals surface area contributed by atoms with E-state index in [1.165, 1.54) is 6.07 Å². The fourth-order valence-electron chi connectivity index (χ4n) is 2.12. The molecule has 2 rings (SSSR count). The molecule has 1 atom stereocenters. The lowest BCUT2D eigenvalue weighted by atomic mass is 9.99. The minimum absolute atomic E-state index is 0.0859. The lowest BCUT2D eigenvalue weighted by molar-refractivity contribution is -0.0504. The van der Waals surface area contributed by atoms with Crippen LogP contribution in [0.25, 0.3) is 0 Å². The van der Waals surface area contributed by atoms with E-state index in [1.54, 1.807) is 31.4 Å². The summed E-state index contributed by atoms with van der Waals surface area (Å²) in [5, 5.41) is -0.578. The third-order valence-corrected chi connectivity index (χ3v) is 3.63. The maximum atomic E-state index is 12.5. The molecule has 0 bridgehead atoms.